The second kappa shape index (κ2) is 8.15. The number of hydrogen-bond acceptors (Lipinski definition) is 2. The van der Waals surface area contributed by atoms with Crippen LogP contribution in [0.3, 0.4) is 0 Å². The summed E-state index contributed by atoms with van der Waals surface area (Å²) in [5.74, 6) is 0.621. The molecule has 0 fully saturated rings. The van der Waals surface area contributed by atoms with Crippen LogP contribution in [0.2, 0.25) is 0 Å². The van der Waals surface area contributed by atoms with Crippen molar-refractivity contribution < 1.29 is 9.13 Å². The highest BCUT2D eigenvalue weighted by Crippen LogP contribution is 2.22. The van der Waals surface area contributed by atoms with Gasteiger partial charge in [0.15, 0.2) is 5.11 Å². The predicted octanol–water partition coefficient (Wildman–Crippen LogP) is 4.49. The molecule has 0 amide bonds. The molecule has 0 saturated heterocycles. The monoisotopic (exact) mass is 368 g/mol. The number of halogens is 1. The van der Waals surface area contributed by atoms with E-state index >= 15 is 0 Å². The summed E-state index contributed by atoms with van der Waals surface area (Å²) in [7, 11) is 3.63. The molecule has 0 aliphatic heterocycles. The highest BCUT2D eigenvalue weighted by Gasteiger charge is 2.06. The molecular weight excluding hydrogens is 347 g/mol. The van der Waals surface area contributed by atoms with Gasteiger partial charge in [0.25, 0.3) is 0 Å². The quantitative estimate of drug-likeness (QED) is 0.671. The topological polar surface area (TPSA) is 24.5 Å². The summed E-state index contributed by atoms with van der Waals surface area (Å²) < 4.78 is 18.2. The molecule has 0 aliphatic carbocycles. The maximum atomic E-state index is 12.9. The van der Waals surface area contributed by atoms with Crippen LogP contribution in [0, 0.1) is 5.82 Å². The Morgan fingerprint density at radius 3 is 2.38 bits per heavy atom. The lowest BCUT2D eigenvalue weighted by Gasteiger charge is -2.21. The van der Waals surface area contributed by atoms with Gasteiger partial charge in [-0.3, -0.25) is 0 Å². The predicted molar refractivity (Wildman–Crippen MR) is 108 cm³/mol. The third-order valence-electron chi connectivity index (χ3n) is 4.24. The second-order valence-corrected chi connectivity index (χ2v) is 6.58. The fourth-order valence-corrected chi connectivity index (χ4v) is 2.90. The largest absolute Gasteiger partial charge is 0.497 e. The minimum atomic E-state index is -0.234. The van der Waals surface area contributed by atoms with Crippen LogP contribution in [-0.2, 0) is 13.1 Å². The van der Waals surface area contributed by atoms with Gasteiger partial charge in [0, 0.05) is 20.1 Å². The van der Waals surface area contributed by atoms with Gasteiger partial charge >= 0.3 is 0 Å². The van der Waals surface area contributed by atoms with E-state index in [9.17, 15) is 4.39 Å². The molecule has 0 bridgehead atoms. The third-order valence-corrected chi connectivity index (χ3v) is 4.69. The molecular formula is C21H21FN2OS. The molecule has 3 nitrogen and oxygen atoms in total. The van der Waals surface area contributed by atoms with Gasteiger partial charge in [0.1, 0.15) is 11.6 Å². The zero-order valence-corrected chi connectivity index (χ0v) is 15.6. The molecule has 0 radical (unpaired) electrons. The number of nitrogens with one attached hydrogen (secondary N) is 1. The van der Waals surface area contributed by atoms with Crippen molar-refractivity contribution in [1.82, 2.24) is 10.2 Å². The smallest absolute Gasteiger partial charge is 0.169 e. The molecule has 0 heterocycles. The van der Waals surface area contributed by atoms with Crippen LogP contribution < -0.4 is 10.1 Å². The minimum Gasteiger partial charge on any atom is -0.497 e. The molecule has 1 N–H and O–H groups in total. The number of thiocarbonyl (C=S) groups is 1. The summed E-state index contributed by atoms with van der Waals surface area (Å²) in [6.07, 6.45) is 0. The summed E-state index contributed by atoms with van der Waals surface area (Å²) >= 11 is 5.45. The van der Waals surface area contributed by atoms with E-state index < -0.39 is 0 Å². The van der Waals surface area contributed by atoms with Crippen LogP contribution in [0.15, 0.2) is 60.7 Å². The van der Waals surface area contributed by atoms with Crippen molar-refractivity contribution in [2.45, 2.75) is 13.1 Å². The lowest BCUT2D eigenvalue weighted by Crippen LogP contribution is -2.36. The molecule has 26 heavy (non-hydrogen) atoms. The van der Waals surface area contributed by atoms with E-state index in [1.54, 1.807) is 19.2 Å². The van der Waals surface area contributed by atoms with Gasteiger partial charge in [-0.2, -0.15) is 0 Å². The van der Waals surface area contributed by atoms with Gasteiger partial charge in [-0.1, -0.05) is 30.3 Å². The number of nitrogens with zero attached hydrogens (tertiary/aromatic N) is 1. The Bertz CT molecular complexity index is 912. The number of rotatable bonds is 5. The number of hydrogen-bond donors (Lipinski definition) is 1. The number of fused-ring (bicyclic) bond motifs is 1. The van der Waals surface area contributed by atoms with Gasteiger partial charge in [0.2, 0.25) is 0 Å². The molecule has 3 aromatic carbocycles. The van der Waals surface area contributed by atoms with Crippen LogP contribution in [0.4, 0.5) is 4.39 Å². The highest BCUT2D eigenvalue weighted by atomic mass is 32.1. The van der Waals surface area contributed by atoms with Crippen LogP contribution in [0.25, 0.3) is 10.8 Å². The standard InChI is InChI=1S/C21H21FN2OS/c1-24(21(26)23-13-15-4-8-19(22)9-5-15)14-16-3-6-18-12-20(25-2)10-7-17(18)11-16/h3-12H,13-14H2,1-2H3,(H,23,26). The Labute approximate surface area is 158 Å². The number of methoxy groups -OCH3 is 1. The Kier molecular flexibility index (Phi) is 5.68. The molecule has 0 aliphatic rings. The van der Waals surface area contributed by atoms with Crippen LogP contribution in [-0.4, -0.2) is 24.2 Å². The second-order valence-electron chi connectivity index (χ2n) is 6.19. The van der Waals surface area contributed by atoms with Gasteiger partial charge in [-0.15, -0.1) is 0 Å². The zero-order chi connectivity index (χ0) is 18.5. The normalized spacial score (nSPS) is 10.6. The first-order valence-corrected chi connectivity index (χ1v) is 8.76. The van der Waals surface area contributed by atoms with Crippen molar-refractivity contribution in [3.05, 3.63) is 77.6 Å². The molecule has 5 heteroatoms. The van der Waals surface area contributed by atoms with Crippen LogP contribution in [0.5, 0.6) is 5.75 Å². The first kappa shape index (κ1) is 18.1. The summed E-state index contributed by atoms with van der Waals surface area (Å²) in [6.45, 7) is 1.28. The minimum absolute atomic E-state index is 0.234. The molecule has 134 valence electrons. The van der Waals surface area contributed by atoms with Crippen LogP contribution in [0.1, 0.15) is 11.1 Å². The Morgan fingerprint density at radius 2 is 1.65 bits per heavy atom. The molecule has 3 aromatic rings. The van der Waals surface area contributed by atoms with Crippen molar-refractivity contribution in [3.63, 3.8) is 0 Å². The highest BCUT2D eigenvalue weighted by molar-refractivity contribution is 7.80. The summed E-state index contributed by atoms with van der Waals surface area (Å²) in [5.41, 5.74) is 2.16. The first-order chi connectivity index (χ1) is 12.5. The number of ether oxygens (including phenoxy) is 1. The maximum Gasteiger partial charge on any atom is 0.169 e. The van der Waals surface area contributed by atoms with Crippen LogP contribution >= 0.6 is 12.2 Å². The van der Waals surface area contributed by atoms with Crippen molar-refractivity contribution in [3.8, 4) is 5.75 Å². The van der Waals surface area contributed by atoms with E-state index in [0.717, 1.165) is 16.7 Å². The lowest BCUT2D eigenvalue weighted by molar-refractivity contribution is 0.415. The van der Waals surface area contributed by atoms with Gasteiger partial charge in [-0.05, 0) is 64.4 Å². The maximum absolute atomic E-state index is 12.9. The SMILES string of the molecule is COc1ccc2cc(CN(C)C(=S)NCc3ccc(F)cc3)ccc2c1. The van der Waals surface area contributed by atoms with E-state index in [1.165, 1.54) is 23.1 Å². The Hall–Kier alpha value is -2.66. The van der Waals surface area contributed by atoms with Crippen molar-refractivity contribution in [2.24, 2.45) is 0 Å². The van der Waals surface area contributed by atoms with Crippen molar-refractivity contribution in [2.75, 3.05) is 14.2 Å². The van der Waals surface area contributed by atoms with Crippen molar-refractivity contribution in [1.29, 1.82) is 0 Å². The van der Waals surface area contributed by atoms with Gasteiger partial charge in [0.05, 0.1) is 7.11 Å². The summed E-state index contributed by atoms with van der Waals surface area (Å²) in [6, 6.07) is 18.8. The molecule has 0 saturated carbocycles. The molecule has 0 atom stereocenters. The summed E-state index contributed by atoms with van der Waals surface area (Å²) in [4.78, 5) is 1.99. The number of benzene rings is 3. The van der Waals surface area contributed by atoms with Crippen molar-refractivity contribution >= 4 is 28.1 Å². The van der Waals surface area contributed by atoms with Gasteiger partial charge < -0.3 is 15.0 Å². The van der Waals surface area contributed by atoms with E-state index in [-0.39, 0.29) is 5.82 Å². The third kappa shape index (κ3) is 4.49. The fraction of sp³-hybridized carbons (Fsp3) is 0.190. The molecule has 0 spiro atoms. The van der Waals surface area contributed by atoms with Gasteiger partial charge in [-0.25, -0.2) is 4.39 Å². The van der Waals surface area contributed by atoms with E-state index in [1.807, 2.05) is 24.1 Å². The lowest BCUT2D eigenvalue weighted by atomic mass is 10.1. The van der Waals surface area contributed by atoms with E-state index in [2.05, 4.69) is 29.6 Å². The zero-order valence-electron chi connectivity index (χ0n) is 14.8. The molecule has 0 aromatic heterocycles. The van der Waals surface area contributed by atoms with E-state index in [4.69, 9.17) is 17.0 Å². The van der Waals surface area contributed by atoms with E-state index in [0.29, 0.717) is 18.2 Å². The average Bonchev–Trinajstić information content (AvgIpc) is 2.66. The molecule has 0 unspecified atom stereocenters. The average molecular weight is 368 g/mol. The Morgan fingerprint density at radius 1 is 1.00 bits per heavy atom. The fourth-order valence-electron chi connectivity index (χ4n) is 2.76. The molecule has 3 rings (SSSR count). The summed E-state index contributed by atoms with van der Waals surface area (Å²) in [5, 5.41) is 6.18. The Balaban J connectivity index is 1.61. The first-order valence-electron chi connectivity index (χ1n) is 8.35.